The summed E-state index contributed by atoms with van der Waals surface area (Å²) in [6.45, 7) is 0.00468. The minimum absolute atomic E-state index is 0.00468. The van der Waals surface area contributed by atoms with Crippen molar-refractivity contribution in [3.8, 4) is 5.75 Å². The fourth-order valence-electron chi connectivity index (χ4n) is 3.36. The molecule has 0 spiro atoms. The van der Waals surface area contributed by atoms with Crippen molar-refractivity contribution < 1.29 is 42.9 Å². The summed E-state index contributed by atoms with van der Waals surface area (Å²) in [6.07, 6.45) is 0.877. The number of phenols is 1. The summed E-state index contributed by atoms with van der Waals surface area (Å²) in [4.78, 5) is 45.6. The number of rotatable bonds is 14. The second-order valence-electron chi connectivity index (χ2n) is 7.69. The van der Waals surface area contributed by atoms with Gasteiger partial charge in [-0.2, -0.15) is 0 Å². The van der Waals surface area contributed by atoms with Crippen molar-refractivity contribution in [2.24, 2.45) is 0 Å². The highest BCUT2D eigenvalue weighted by atomic mass is 32.2. The van der Waals surface area contributed by atoms with E-state index in [1.807, 2.05) is 0 Å². The first-order chi connectivity index (χ1) is 16.5. The van der Waals surface area contributed by atoms with Crippen LogP contribution in [-0.4, -0.2) is 60.5 Å². The SMILES string of the molecule is O=C[C@@H](CC(=O)O)NC(=O)C(CCCCNS(=O)(=O)c1ccc(O)c(C(=O)O)c1)c1ccccc1. The number of aromatic carboxylic acids is 1. The highest BCUT2D eigenvalue weighted by molar-refractivity contribution is 7.89. The Balaban J connectivity index is 1.99. The van der Waals surface area contributed by atoms with Gasteiger partial charge in [0.05, 0.1) is 23.3 Å². The number of carbonyl (C=O) groups excluding carboxylic acids is 2. The molecule has 0 bridgehead atoms. The number of hydrogen-bond acceptors (Lipinski definition) is 7. The van der Waals surface area contributed by atoms with Crippen LogP contribution in [0.5, 0.6) is 5.75 Å². The summed E-state index contributed by atoms with van der Waals surface area (Å²) in [5, 5.41) is 29.9. The Hall–Kier alpha value is -3.77. The Bertz CT molecular complexity index is 1170. The zero-order chi connectivity index (χ0) is 26.0. The molecule has 0 heterocycles. The van der Waals surface area contributed by atoms with Gasteiger partial charge in [0.25, 0.3) is 0 Å². The largest absolute Gasteiger partial charge is 0.507 e. The zero-order valence-electron chi connectivity index (χ0n) is 18.6. The maximum absolute atomic E-state index is 12.8. The van der Waals surface area contributed by atoms with E-state index in [1.165, 1.54) is 0 Å². The van der Waals surface area contributed by atoms with E-state index < -0.39 is 57.6 Å². The number of sulfonamides is 1. The van der Waals surface area contributed by atoms with Crippen LogP contribution in [0.25, 0.3) is 0 Å². The van der Waals surface area contributed by atoms with Crippen LogP contribution in [0, 0.1) is 0 Å². The summed E-state index contributed by atoms with van der Waals surface area (Å²) < 4.78 is 27.3. The molecule has 0 fully saturated rings. The quantitative estimate of drug-likeness (QED) is 0.187. The van der Waals surface area contributed by atoms with E-state index in [0.29, 0.717) is 31.1 Å². The van der Waals surface area contributed by atoms with Gasteiger partial charge in [-0.15, -0.1) is 0 Å². The topological polar surface area (TPSA) is 187 Å². The Morgan fingerprint density at radius 2 is 1.69 bits per heavy atom. The van der Waals surface area contributed by atoms with Gasteiger partial charge in [-0.1, -0.05) is 36.8 Å². The van der Waals surface area contributed by atoms with E-state index in [-0.39, 0.29) is 11.4 Å². The molecule has 0 aliphatic rings. The summed E-state index contributed by atoms with van der Waals surface area (Å²) in [6, 6.07) is 10.5. The molecule has 0 aliphatic carbocycles. The molecule has 0 aliphatic heterocycles. The lowest BCUT2D eigenvalue weighted by Gasteiger charge is -2.19. The van der Waals surface area contributed by atoms with Crippen molar-refractivity contribution in [3.63, 3.8) is 0 Å². The molecule has 0 radical (unpaired) electrons. The first-order valence-corrected chi connectivity index (χ1v) is 12.1. The van der Waals surface area contributed by atoms with Crippen molar-refractivity contribution in [2.45, 2.75) is 42.5 Å². The molecule has 11 nitrogen and oxygen atoms in total. The van der Waals surface area contributed by atoms with Gasteiger partial charge in [-0.3, -0.25) is 9.59 Å². The minimum atomic E-state index is -4.03. The van der Waals surface area contributed by atoms with E-state index in [2.05, 4.69) is 10.0 Å². The summed E-state index contributed by atoms with van der Waals surface area (Å²) in [7, 11) is -4.03. The number of amides is 1. The number of hydrogen-bond donors (Lipinski definition) is 5. The van der Waals surface area contributed by atoms with Gasteiger partial charge in [-0.05, 0) is 36.6 Å². The minimum Gasteiger partial charge on any atom is -0.507 e. The van der Waals surface area contributed by atoms with Gasteiger partial charge in [0, 0.05) is 6.54 Å². The van der Waals surface area contributed by atoms with Crippen LogP contribution < -0.4 is 10.0 Å². The van der Waals surface area contributed by atoms with Crippen LogP contribution in [0.4, 0.5) is 0 Å². The van der Waals surface area contributed by atoms with Crippen LogP contribution in [0.1, 0.15) is 47.5 Å². The molecule has 0 saturated heterocycles. The molecular weight excluding hydrogens is 480 g/mol. The number of aldehydes is 1. The molecule has 188 valence electrons. The van der Waals surface area contributed by atoms with Crippen molar-refractivity contribution in [1.82, 2.24) is 10.0 Å². The average molecular weight is 507 g/mol. The number of unbranched alkanes of at least 4 members (excludes halogenated alkanes) is 1. The molecule has 2 aromatic carbocycles. The fraction of sp³-hybridized carbons (Fsp3) is 0.304. The third kappa shape index (κ3) is 8.19. The molecule has 0 aromatic heterocycles. The lowest BCUT2D eigenvalue weighted by molar-refractivity contribution is -0.138. The fourth-order valence-corrected chi connectivity index (χ4v) is 4.46. The molecule has 12 heteroatoms. The normalized spacial score (nSPS) is 12.9. The molecule has 2 aromatic rings. The number of carboxylic acids is 2. The molecule has 2 rings (SSSR count). The predicted octanol–water partition coefficient (Wildman–Crippen LogP) is 1.48. The van der Waals surface area contributed by atoms with Crippen LogP contribution in [0.3, 0.4) is 0 Å². The van der Waals surface area contributed by atoms with E-state index in [9.17, 15) is 32.7 Å². The molecule has 2 atom stereocenters. The van der Waals surface area contributed by atoms with Gasteiger partial charge in [0.2, 0.25) is 15.9 Å². The van der Waals surface area contributed by atoms with Gasteiger partial charge in [-0.25, -0.2) is 17.9 Å². The van der Waals surface area contributed by atoms with Crippen LogP contribution in [0.15, 0.2) is 53.4 Å². The molecule has 1 unspecified atom stereocenters. The number of benzene rings is 2. The van der Waals surface area contributed by atoms with Crippen LogP contribution in [-0.2, 0) is 24.4 Å². The number of nitrogens with one attached hydrogen (secondary N) is 2. The van der Waals surface area contributed by atoms with E-state index in [4.69, 9.17) is 10.2 Å². The van der Waals surface area contributed by atoms with Crippen LogP contribution >= 0.6 is 0 Å². The number of carboxylic acid groups (broad SMARTS) is 2. The molecule has 5 N–H and O–H groups in total. The first-order valence-electron chi connectivity index (χ1n) is 10.6. The third-order valence-electron chi connectivity index (χ3n) is 5.13. The third-order valence-corrected chi connectivity index (χ3v) is 6.58. The Morgan fingerprint density at radius 1 is 1.00 bits per heavy atom. The van der Waals surface area contributed by atoms with Gasteiger partial charge >= 0.3 is 11.9 Å². The smallest absolute Gasteiger partial charge is 0.339 e. The number of aliphatic carboxylic acids is 1. The first kappa shape index (κ1) is 27.5. The second kappa shape index (κ2) is 12.6. The van der Waals surface area contributed by atoms with Gasteiger partial charge in [0.1, 0.15) is 17.6 Å². The maximum atomic E-state index is 12.8. The zero-order valence-corrected chi connectivity index (χ0v) is 19.4. The van der Waals surface area contributed by atoms with E-state index >= 15 is 0 Å². The monoisotopic (exact) mass is 506 g/mol. The number of aromatic hydroxyl groups is 1. The summed E-state index contributed by atoms with van der Waals surface area (Å²) in [5.74, 6) is -4.44. The number of carbonyl (C=O) groups is 4. The predicted molar refractivity (Wildman–Crippen MR) is 124 cm³/mol. The van der Waals surface area contributed by atoms with Crippen molar-refractivity contribution in [3.05, 3.63) is 59.7 Å². The highest BCUT2D eigenvalue weighted by Crippen LogP contribution is 2.23. The van der Waals surface area contributed by atoms with Crippen molar-refractivity contribution in [2.75, 3.05) is 6.54 Å². The lowest BCUT2D eigenvalue weighted by atomic mass is 9.92. The molecular formula is C23H26N2O9S. The Kier molecular flexibility index (Phi) is 9.91. The highest BCUT2D eigenvalue weighted by Gasteiger charge is 2.24. The molecule has 1 amide bonds. The second-order valence-corrected chi connectivity index (χ2v) is 9.46. The summed E-state index contributed by atoms with van der Waals surface area (Å²) in [5.41, 5.74) is 0.122. The summed E-state index contributed by atoms with van der Waals surface area (Å²) >= 11 is 0. The average Bonchev–Trinajstić information content (AvgIpc) is 2.81. The standard InChI is InChI=1S/C23H26N2O9S/c26-14-16(12-21(28)29)25-22(30)18(15-6-2-1-3-7-15)8-4-5-11-24-35(33,34)17-9-10-20(27)19(13-17)23(31)32/h1-3,6-7,9-10,13-14,16,18,24,27H,4-5,8,11-12H2,(H,25,30)(H,28,29)(H,31,32)/t16-,18?/m1/s1. The lowest BCUT2D eigenvalue weighted by Crippen LogP contribution is -2.40. The van der Waals surface area contributed by atoms with Gasteiger partial charge < -0.3 is 25.4 Å². The molecule has 35 heavy (non-hydrogen) atoms. The molecule has 0 saturated carbocycles. The van der Waals surface area contributed by atoms with Crippen molar-refractivity contribution in [1.29, 1.82) is 0 Å². The Labute approximate surface area is 201 Å². The van der Waals surface area contributed by atoms with Gasteiger partial charge in [0.15, 0.2) is 0 Å². The van der Waals surface area contributed by atoms with E-state index in [1.54, 1.807) is 30.3 Å². The maximum Gasteiger partial charge on any atom is 0.339 e. The van der Waals surface area contributed by atoms with Crippen molar-refractivity contribution >= 4 is 34.2 Å². The van der Waals surface area contributed by atoms with E-state index in [0.717, 1.165) is 18.2 Å². The Morgan fingerprint density at radius 3 is 2.29 bits per heavy atom. The van der Waals surface area contributed by atoms with Crippen LogP contribution in [0.2, 0.25) is 0 Å².